The average molecular weight is 250 g/mol. The van der Waals surface area contributed by atoms with E-state index >= 15 is 0 Å². The third kappa shape index (κ3) is 3.07. The quantitative estimate of drug-likeness (QED) is 0.861. The summed E-state index contributed by atoms with van der Waals surface area (Å²) >= 11 is 0. The zero-order chi connectivity index (χ0) is 13.0. The van der Waals surface area contributed by atoms with Crippen LogP contribution in [0, 0.1) is 0 Å². The van der Waals surface area contributed by atoms with Gasteiger partial charge in [-0.15, -0.1) is 0 Å². The van der Waals surface area contributed by atoms with Gasteiger partial charge in [0.2, 0.25) is 0 Å². The fourth-order valence-corrected chi connectivity index (χ4v) is 2.52. The maximum atomic E-state index is 6.00. The Morgan fingerprint density at radius 2 is 1.94 bits per heavy atom. The molecule has 1 saturated carbocycles. The summed E-state index contributed by atoms with van der Waals surface area (Å²) in [7, 11) is 3.29. The smallest absolute Gasteiger partial charge is 0.162 e. The number of hydrogen-bond acceptors (Lipinski definition) is 4. The minimum Gasteiger partial charge on any atom is -0.493 e. The van der Waals surface area contributed by atoms with Gasteiger partial charge in [-0.05, 0) is 37.8 Å². The van der Waals surface area contributed by atoms with E-state index in [1.807, 2.05) is 18.2 Å². The van der Waals surface area contributed by atoms with Gasteiger partial charge in [-0.3, -0.25) is 0 Å². The first kappa shape index (κ1) is 13.0. The van der Waals surface area contributed by atoms with Crippen LogP contribution in [0.4, 0.5) is 5.69 Å². The van der Waals surface area contributed by atoms with E-state index in [1.54, 1.807) is 14.2 Å². The van der Waals surface area contributed by atoms with Gasteiger partial charge in [0.25, 0.3) is 0 Å². The molecule has 3 N–H and O–H groups in total. The molecule has 2 atom stereocenters. The van der Waals surface area contributed by atoms with Crippen LogP contribution in [0.15, 0.2) is 18.2 Å². The van der Waals surface area contributed by atoms with Crippen LogP contribution in [-0.2, 0) is 0 Å². The minimum absolute atomic E-state index is 0.330. The van der Waals surface area contributed by atoms with Crippen LogP contribution in [0.25, 0.3) is 0 Å². The lowest BCUT2D eigenvalue weighted by atomic mass is 9.91. The summed E-state index contributed by atoms with van der Waals surface area (Å²) in [6, 6.07) is 6.70. The maximum absolute atomic E-state index is 6.00. The second-order valence-electron chi connectivity index (χ2n) is 4.84. The lowest BCUT2D eigenvalue weighted by Gasteiger charge is -2.28. The van der Waals surface area contributed by atoms with Crippen molar-refractivity contribution in [3.05, 3.63) is 18.2 Å². The number of hydrogen-bond donors (Lipinski definition) is 2. The second-order valence-corrected chi connectivity index (χ2v) is 4.84. The van der Waals surface area contributed by atoms with Gasteiger partial charge in [-0.25, -0.2) is 0 Å². The first-order chi connectivity index (χ1) is 8.72. The van der Waals surface area contributed by atoms with Gasteiger partial charge in [-0.2, -0.15) is 0 Å². The highest BCUT2D eigenvalue weighted by molar-refractivity contribution is 5.55. The summed E-state index contributed by atoms with van der Waals surface area (Å²) < 4.78 is 10.5. The van der Waals surface area contributed by atoms with Crippen LogP contribution in [0.2, 0.25) is 0 Å². The summed E-state index contributed by atoms with van der Waals surface area (Å²) in [6.45, 7) is 0. The van der Waals surface area contributed by atoms with Gasteiger partial charge in [0.05, 0.1) is 14.2 Å². The number of anilines is 1. The molecule has 0 amide bonds. The van der Waals surface area contributed by atoms with Crippen molar-refractivity contribution in [2.24, 2.45) is 5.73 Å². The molecule has 1 aliphatic carbocycles. The van der Waals surface area contributed by atoms with Crippen molar-refractivity contribution in [1.29, 1.82) is 0 Å². The lowest BCUT2D eigenvalue weighted by molar-refractivity contribution is 0.355. The fraction of sp³-hybridized carbons (Fsp3) is 0.571. The molecule has 18 heavy (non-hydrogen) atoms. The largest absolute Gasteiger partial charge is 0.493 e. The van der Waals surface area contributed by atoms with Crippen molar-refractivity contribution in [3.8, 4) is 11.5 Å². The lowest BCUT2D eigenvalue weighted by Crippen LogP contribution is -2.34. The summed E-state index contributed by atoms with van der Waals surface area (Å²) in [6.07, 6.45) is 4.56. The molecular weight excluding hydrogens is 228 g/mol. The van der Waals surface area contributed by atoms with Crippen molar-refractivity contribution < 1.29 is 9.47 Å². The standard InChI is InChI=1S/C14H22N2O2/c1-17-13-7-6-12(9-14(13)18-2)16-11-5-3-4-10(15)8-11/h6-7,9-11,16H,3-5,8,15H2,1-2H3. The summed E-state index contributed by atoms with van der Waals surface area (Å²) in [5, 5.41) is 3.52. The highest BCUT2D eigenvalue weighted by Crippen LogP contribution is 2.31. The first-order valence-corrected chi connectivity index (χ1v) is 6.47. The zero-order valence-electron chi connectivity index (χ0n) is 11.1. The number of methoxy groups -OCH3 is 2. The SMILES string of the molecule is COc1ccc(NC2CCCC(N)C2)cc1OC. The van der Waals surface area contributed by atoms with Crippen LogP contribution in [0.3, 0.4) is 0 Å². The van der Waals surface area contributed by atoms with Crippen molar-refractivity contribution in [2.75, 3.05) is 19.5 Å². The van der Waals surface area contributed by atoms with Gasteiger partial charge in [0.15, 0.2) is 11.5 Å². The molecular formula is C14H22N2O2. The Morgan fingerprint density at radius 1 is 1.17 bits per heavy atom. The third-order valence-electron chi connectivity index (χ3n) is 3.47. The van der Waals surface area contributed by atoms with Crippen LogP contribution < -0.4 is 20.5 Å². The Morgan fingerprint density at radius 3 is 2.61 bits per heavy atom. The number of nitrogens with two attached hydrogens (primary N) is 1. The molecule has 100 valence electrons. The number of nitrogens with one attached hydrogen (secondary N) is 1. The van der Waals surface area contributed by atoms with E-state index in [0.717, 1.165) is 30.0 Å². The highest BCUT2D eigenvalue weighted by atomic mass is 16.5. The monoisotopic (exact) mass is 250 g/mol. The molecule has 0 bridgehead atoms. The summed E-state index contributed by atoms with van der Waals surface area (Å²) in [4.78, 5) is 0. The van der Waals surface area contributed by atoms with Gasteiger partial charge in [-0.1, -0.05) is 0 Å². The van der Waals surface area contributed by atoms with Crippen molar-refractivity contribution >= 4 is 5.69 Å². The number of rotatable bonds is 4. The van der Waals surface area contributed by atoms with Crippen molar-refractivity contribution in [1.82, 2.24) is 0 Å². The molecule has 1 fully saturated rings. The minimum atomic E-state index is 0.330. The van der Waals surface area contributed by atoms with E-state index in [1.165, 1.54) is 12.8 Å². The van der Waals surface area contributed by atoms with Crippen molar-refractivity contribution in [3.63, 3.8) is 0 Å². The Balaban J connectivity index is 2.04. The maximum Gasteiger partial charge on any atom is 0.162 e. The Hall–Kier alpha value is -1.42. The fourth-order valence-electron chi connectivity index (χ4n) is 2.52. The molecule has 0 aliphatic heterocycles. The van der Waals surface area contributed by atoms with Gasteiger partial charge >= 0.3 is 0 Å². The predicted molar refractivity (Wildman–Crippen MR) is 73.4 cm³/mol. The van der Waals surface area contributed by atoms with E-state index in [0.29, 0.717) is 12.1 Å². The van der Waals surface area contributed by atoms with E-state index in [2.05, 4.69) is 5.32 Å². The molecule has 0 spiro atoms. The summed E-state index contributed by atoms with van der Waals surface area (Å²) in [5.41, 5.74) is 7.06. The van der Waals surface area contributed by atoms with Gasteiger partial charge < -0.3 is 20.5 Å². The number of benzene rings is 1. The molecule has 4 nitrogen and oxygen atoms in total. The molecule has 4 heteroatoms. The van der Waals surface area contributed by atoms with E-state index < -0.39 is 0 Å². The first-order valence-electron chi connectivity index (χ1n) is 6.47. The van der Waals surface area contributed by atoms with Crippen molar-refractivity contribution in [2.45, 2.75) is 37.8 Å². The molecule has 2 rings (SSSR count). The molecule has 0 radical (unpaired) electrons. The Bertz CT molecular complexity index is 395. The topological polar surface area (TPSA) is 56.5 Å². The predicted octanol–water partition coefficient (Wildman–Crippen LogP) is 2.39. The summed E-state index contributed by atoms with van der Waals surface area (Å²) in [5.74, 6) is 1.51. The molecule has 0 heterocycles. The third-order valence-corrected chi connectivity index (χ3v) is 3.47. The second kappa shape index (κ2) is 5.96. The van der Waals surface area contributed by atoms with Crippen LogP contribution in [-0.4, -0.2) is 26.3 Å². The van der Waals surface area contributed by atoms with E-state index in [9.17, 15) is 0 Å². The van der Waals surface area contributed by atoms with Crippen LogP contribution >= 0.6 is 0 Å². The van der Waals surface area contributed by atoms with Gasteiger partial charge in [0.1, 0.15) is 0 Å². The van der Waals surface area contributed by atoms with Gasteiger partial charge in [0, 0.05) is 23.8 Å². The average Bonchev–Trinajstić information content (AvgIpc) is 2.38. The molecule has 2 unspecified atom stereocenters. The van der Waals surface area contributed by atoms with E-state index in [4.69, 9.17) is 15.2 Å². The molecule has 1 aliphatic rings. The zero-order valence-corrected chi connectivity index (χ0v) is 11.1. The Labute approximate surface area is 108 Å². The normalized spacial score (nSPS) is 23.5. The molecule has 1 aromatic carbocycles. The highest BCUT2D eigenvalue weighted by Gasteiger charge is 2.19. The van der Waals surface area contributed by atoms with Crippen LogP contribution in [0.5, 0.6) is 11.5 Å². The number of ether oxygens (including phenoxy) is 2. The Kier molecular flexibility index (Phi) is 4.31. The van der Waals surface area contributed by atoms with E-state index in [-0.39, 0.29) is 0 Å². The molecule has 1 aromatic rings. The molecule has 0 aromatic heterocycles. The van der Waals surface area contributed by atoms with Crippen LogP contribution in [0.1, 0.15) is 25.7 Å². The molecule has 0 saturated heterocycles.